The maximum absolute atomic E-state index is 9.54. The lowest BCUT2D eigenvalue weighted by Crippen LogP contribution is -1.92. The molecule has 94 valence electrons. The van der Waals surface area contributed by atoms with Crippen molar-refractivity contribution in [2.75, 3.05) is 7.11 Å². The monoisotopic (exact) mass is 261 g/mol. The number of ether oxygens (including phenoxy) is 1. The van der Waals surface area contributed by atoms with E-state index in [9.17, 15) is 5.11 Å². The van der Waals surface area contributed by atoms with Gasteiger partial charge in [-0.3, -0.25) is 0 Å². The molecule has 1 aromatic heterocycles. The van der Waals surface area contributed by atoms with Crippen LogP contribution in [0.4, 0.5) is 0 Å². The Morgan fingerprint density at radius 1 is 1.28 bits per heavy atom. The molecule has 2 rings (SSSR count). The summed E-state index contributed by atoms with van der Waals surface area (Å²) in [6, 6.07) is 11.5. The Morgan fingerprint density at radius 2 is 2.11 bits per heavy atom. The van der Waals surface area contributed by atoms with Crippen molar-refractivity contribution in [2.24, 2.45) is 0 Å². The van der Waals surface area contributed by atoms with Crippen LogP contribution < -0.4 is 4.74 Å². The number of nitrogens with zero attached hydrogens (tertiary/aromatic N) is 1. The zero-order valence-electron chi connectivity index (χ0n) is 10.3. The van der Waals surface area contributed by atoms with Crippen molar-refractivity contribution in [2.45, 2.75) is 22.9 Å². The summed E-state index contributed by atoms with van der Waals surface area (Å²) >= 11 is 1.55. The molecule has 1 aromatic carbocycles. The van der Waals surface area contributed by atoms with Crippen molar-refractivity contribution >= 4 is 11.8 Å². The van der Waals surface area contributed by atoms with E-state index in [1.54, 1.807) is 32.0 Å². The average molecular weight is 261 g/mol. The number of methoxy groups -OCH3 is 1. The van der Waals surface area contributed by atoms with Gasteiger partial charge < -0.3 is 9.84 Å². The number of aromatic nitrogens is 1. The summed E-state index contributed by atoms with van der Waals surface area (Å²) in [5, 5.41) is 10.4. The van der Waals surface area contributed by atoms with E-state index >= 15 is 0 Å². The minimum Gasteiger partial charge on any atom is -0.497 e. The van der Waals surface area contributed by atoms with Gasteiger partial charge in [-0.2, -0.15) is 0 Å². The topological polar surface area (TPSA) is 42.4 Å². The zero-order chi connectivity index (χ0) is 13.0. The minimum atomic E-state index is -0.474. The molecular formula is C14H15NO2S. The number of hydrogen-bond donors (Lipinski definition) is 1. The molecule has 0 bridgehead atoms. The third-order valence-corrected chi connectivity index (χ3v) is 3.43. The highest BCUT2D eigenvalue weighted by atomic mass is 32.2. The minimum absolute atomic E-state index is 0.474. The molecule has 1 heterocycles. The van der Waals surface area contributed by atoms with Gasteiger partial charge in [0.15, 0.2) is 0 Å². The molecule has 0 radical (unpaired) electrons. The van der Waals surface area contributed by atoms with Gasteiger partial charge in [-0.15, -0.1) is 0 Å². The van der Waals surface area contributed by atoms with Gasteiger partial charge in [0.05, 0.1) is 13.2 Å². The molecule has 3 nitrogen and oxygen atoms in total. The third-order valence-electron chi connectivity index (χ3n) is 2.50. The predicted molar refractivity (Wildman–Crippen MR) is 72.0 cm³/mol. The first-order chi connectivity index (χ1) is 8.69. The van der Waals surface area contributed by atoms with Gasteiger partial charge in [0.1, 0.15) is 10.8 Å². The molecule has 1 atom stereocenters. The lowest BCUT2D eigenvalue weighted by atomic mass is 10.2. The molecule has 1 N–H and O–H groups in total. The van der Waals surface area contributed by atoms with Gasteiger partial charge in [0, 0.05) is 11.1 Å². The fourth-order valence-electron chi connectivity index (χ4n) is 1.53. The Bertz CT molecular complexity index is 529. The highest BCUT2D eigenvalue weighted by molar-refractivity contribution is 7.99. The second kappa shape index (κ2) is 5.89. The number of hydrogen-bond acceptors (Lipinski definition) is 4. The van der Waals surface area contributed by atoms with Crippen molar-refractivity contribution in [3.8, 4) is 5.75 Å². The van der Waals surface area contributed by atoms with Crippen LogP contribution in [0.5, 0.6) is 5.75 Å². The largest absolute Gasteiger partial charge is 0.497 e. The fraction of sp³-hybridized carbons (Fsp3) is 0.214. The van der Waals surface area contributed by atoms with Gasteiger partial charge in [-0.05, 0) is 42.8 Å². The van der Waals surface area contributed by atoms with Crippen LogP contribution in [0.1, 0.15) is 18.6 Å². The van der Waals surface area contributed by atoms with Gasteiger partial charge >= 0.3 is 0 Å². The summed E-state index contributed by atoms with van der Waals surface area (Å²) in [6.45, 7) is 1.75. The van der Waals surface area contributed by atoms with E-state index in [1.165, 1.54) is 0 Å². The Hall–Kier alpha value is -1.52. The Kier molecular flexibility index (Phi) is 4.23. The molecular weight excluding hydrogens is 246 g/mol. The van der Waals surface area contributed by atoms with Crippen molar-refractivity contribution in [3.63, 3.8) is 0 Å². The maximum Gasteiger partial charge on any atom is 0.119 e. The first-order valence-corrected chi connectivity index (χ1v) is 6.46. The molecule has 0 unspecified atom stereocenters. The quantitative estimate of drug-likeness (QED) is 0.917. The van der Waals surface area contributed by atoms with Crippen molar-refractivity contribution in [1.82, 2.24) is 4.98 Å². The van der Waals surface area contributed by atoms with Gasteiger partial charge in [-0.1, -0.05) is 17.8 Å². The Morgan fingerprint density at radius 3 is 2.83 bits per heavy atom. The smallest absolute Gasteiger partial charge is 0.119 e. The van der Waals surface area contributed by atoms with Crippen LogP contribution in [0.25, 0.3) is 0 Å². The van der Waals surface area contributed by atoms with Crippen LogP contribution in [-0.4, -0.2) is 17.2 Å². The van der Waals surface area contributed by atoms with Gasteiger partial charge in [-0.25, -0.2) is 4.98 Å². The molecule has 0 aliphatic heterocycles. The van der Waals surface area contributed by atoms with E-state index in [4.69, 9.17) is 4.74 Å². The van der Waals surface area contributed by atoms with Gasteiger partial charge in [0.2, 0.25) is 0 Å². The molecule has 0 aliphatic carbocycles. The number of pyridine rings is 1. The van der Waals surface area contributed by atoms with Crippen LogP contribution in [0.3, 0.4) is 0 Å². The first-order valence-electron chi connectivity index (χ1n) is 5.65. The standard InChI is InChI=1S/C14H15NO2S/c1-10(16)11-6-7-15-14(8-11)18-13-5-3-4-12(9-13)17-2/h3-10,16H,1-2H3/t10-/m0/s1. The van der Waals surface area contributed by atoms with Crippen LogP contribution in [-0.2, 0) is 0 Å². The molecule has 0 fully saturated rings. The lowest BCUT2D eigenvalue weighted by molar-refractivity contribution is 0.199. The van der Waals surface area contributed by atoms with E-state index in [-0.39, 0.29) is 0 Å². The van der Waals surface area contributed by atoms with E-state index in [0.717, 1.165) is 21.2 Å². The number of rotatable bonds is 4. The normalized spacial score (nSPS) is 12.2. The van der Waals surface area contributed by atoms with E-state index < -0.39 is 6.10 Å². The highest BCUT2D eigenvalue weighted by Crippen LogP contribution is 2.29. The second-order valence-electron chi connectivity index (χ2n) is 3.88. The number of aliphatic hydroxyl groups excluding tert-OH is 1. The summed E-state index contributed by atoms with van der Waals surface area (Å²) in [5.74, 6) is 0.826. The van der Waals surface area contributed by atoms with E-state index in [0.29, 0.717) is 0 Å². The molecule has 0 amide bonds. The fourth-order valence-corrected chi connectivity index (χ4v) is 2.40. The Labute approximate surface area is 111 Å². The van der Waals surface area contributed by atoms with Crippen molar-refractivity contribution in [3.05, 3.63) is 48.2 Å². The van der Waals surface area contributed by atoms with Gasteiger partial charge in [0.25, 0.3) is 0 Å². The zero-order valence-corrected chi connectivity index (χ0v) is 11.1. The SMILES string of the molecule is COc1cccc(Sc2cc([C@H](C)O)ccn2)c1. The molecule has 0 aliphatic rings. The maximum atomic E-state index is 9.54. The number of aliphatic hydroxyl groups is 1. The lowest BCUT2D eigenvalue weighted by Gasteiger charge is -2.07. The van der Waals surface area contributed by atoms with Crippen LogP contribution in [0, 0.1) is 0 Å². The number of benzene rings is 1. The molecule has 0 spiro atoms. The van der Waals surface area contributed by atoms with Crippen molar-refractivity contribution < 1.29 is 9.84 Å². The molecule has 4 heteroatoms. The van der Waals surface area contributed by atoms with E-state index in [2.05, 4.69) is 4.98 Å². The third kappa shape index (κ3) is 3.24. The summed E-state index contributed by atoms with van der Waals surface area (Å²) in [5.41, 5.74) is 0.871. The first kappa shape index (κ1) is 12.9. The summed E-state index contributed by atoms with van der Waals surface area (Å²) in [4.78, 5) is 5.34. The molecule has 0 saturated heterocycles. The highest BCUT2D eigenvalue weighted by Gasteiger charge is 2.04. The Balaban J connectivity index is 2.20. The van der Waals surface area contributed by atoms with Crippen molar-refractivity contribution in [1.29, 1.82) is 0 Å². The van der Waals surface area contributed by atoms with Crippen LogP contribution >= 0.6 is 11.8 Å². The van der Waals surface area contributed by atoms with Crippen LogP contribution in [0.15, 0.2) is 52.5 Å². The molecule has 2 aromatic rings. The predicted octanol–water partition coefficient (Wildman–Crippen LogP) is 3.29. The van der Waals surface area contributed by atoms with E-state index in [1.807, 2.05) is 36.4 Å². The second-order valence-corrected chi connectivity index (χ2v) is 4.98. The average Bonchev–Trinajstić information content (AvgIpc) is 2.39. The van der Waals surface area contributed by atoms with Crippen LogP contribution in [0.2, 0.25) is 0 Å². The molecule has 0 saturated carbocycles. The molecule has 18 heavy (non-hydrogen) atoms. The summed E-state index contributed by atoms with van der Waals surface area (Å²) in [7, 11) is 1.65. The summed E-state index contributed by atoms with van der Waals surface area (Å²) in [6.07, 6.45) is 1.24. The summed E-state index contributed by atoms with van der Waals surface area (Å²) < 4.78 is 5.18.